The fourth-order valence-electron chi connectivity index (χ4n) is 4.81. The lowest BCUT2D eigenvalue weighted by Gasteiger charge is -2.35. The third-order valence-corrected chi connectivity index (χ3v) is 7.09. The van der Waals surface area contributed by atoms with Gasteiger partial charge in [-0.2, -0.15) is 0 Å². The van der Waals surface area contributed by atoms with Gasteiger partial charge in [0, 0.05) is 31.3 Å². The van der Waals surface area contributed by atoms with Crippen LogP contribution in [0.4, 0.5) is 5.69 Å². The monoisotopic (exact) mass is 539 g/mol. The highest BCUT2D eigenvalue weighted by Crippen LogP contribution is 2.28. The number of anilines is 1. The van der Waals surface area contributed by atoms with Crippen molar-refractivity contribution in [2.24, 2.45) is 5.92 Å². The molecule has 0 saturated carbocycles. The van der Waals surface area contributed by atoms with Crippen LogP contribution in [-0.2, 0) is 16.0 Å². The summed E-state index contributed by atoms with van der Waals surface area (Å²) in [6, 6.07) is 14.3. The van der Waals surface area contributed by atoms with Gasteiger partial charge in [-0.25, -0.2) is 0 Å². The quantitative estimate of drug-likeness (QED) is 0.548. The number of likely N-dealkylation sites (N-methyl/N-ethyl adjacent to an activating group) is 1. The van der Waals surface area contributed by atoms with Crippen LogP contribution >= 0.6 is 0 Å². The van der Waals surface area contributed by atoms with Gasteiger partial charge in [-0.1, -0.05) is 37.3 Å². The molecule has 3 rings (SSSR count). The van der Waals surface area contributed by atoms with E-state index in [0.29, 0.717) is 30.2 Å². The molecule has 2 N–H and O–H groups in total. The summed E-state index contributed by atoms with van der Waals surface area (Å²) < 4.78 is 12.6. The molecule has 39 heavy (non-hydrogen) atoms. The van der Waals surface area contributed by atoms with Gasteiger partial charge in [-0.15, -0.1) is 0 Å². The summed E-state index contributed by atoms with van der Waals surface area (Å²) in [4.78, 5) is 30.6. The van der Waals surface area contributed by atoms with Crippen LogP contribution in [0.3, 0.4) is 0 Å². The van der Waals surface area contributed by atoms with Crippen LogP contribution < -0.4 is 10.1 Å². The fourth-order valence-corrected chi connectivity index (χ4v) is 4.81. The highest BCUT2D eigenvalue weighted by atomic mass is 16.5. The molecule has 0 fully saturated rings. The predicted molar refractivity (Wildman–Crippen MR) is 154 cm³/mol. The summed E-state index contributed by atoms with van der Waals surface area (Å²) in [5.41, 5.74) is 1.81. The van der Waals surface area contributed by atoms with E-state index in [-0.39, 0.29) is 43.0 Å². The minimum atomic E-state index is -0.408. The van der Waals surface area contributed by atoms with Crippen molar-refractivity contribution < 1.29 is 24.2 Å². The van der Waals surface area contributed by atoms with E-state index in [4.69, 9.17) is 9.47 Å². The molecule has 8 heteroatoms. The third kappa shape index (κ3) is 9.34. The molecular formula is C31H45N3O5. The number of carbonyl (C=O) groups excluding carboxylic acids is 2. The summed E-state index contributed by atoms with van der Waals surface area (Å²) in [6.45, 7) is 7.57. The van der Waals surface area contributed by atoms with E-state index in [9.17, 15) is 14.7 Å². The van der Waals surface area contributed by atoms with Crippen LogP contribution in [0, 0.1) is 5.92 Å². The minimum absolute atomic E-state index is 0.0327. The number of amides is 2. The number of ether oxygens (including phenoxy) is 2. The van der Waals surface area contributed by atoms with Crippen molar-refractivity contribution in [1.29, 1.82) is 0 Å². The van der Waals surface area contributed by atoms with Crippen molar-refractivity contribution >= 4 is 17.5 Å². The Morgan fingerprint density at radius 3 is 2.59 bits per heavy atom. The van der Waals surface area contributed by atoms with Crippen molar-refractivity contribution in [2.45, 2.75) is 64.7 Å². The van der Waals surface area contributed by atoms with E-state index < -0.39 is 6.04 Å². The van der Waals surface area contributed by atoms with Crippen molar-refractivity contribution in [3.05, 3.63) is 59.7 Å². The molecule has 1 aliphatic rings. The highest BCUT2D eigenvalue weighted by Gasteiger charge is 2.30. The molecule has 4 atom stereocenters. The van der Waals surface area contributed by atoms with Crippen molar-refractivity contribution in [3.8, 4) is 5.75 Å². The number of fused-ring (bicyclic) bond motifs is 1. The normalized spacial score (nSPS) is 22.0. The zero-order chi connectivity index (χ0) is 28.4. The lowest BCUT2D eigenvalue weighted by atomic mass is 10.0. The third-order valence-electron chi connectivity index (χ3n) is 7.09. The molecule has 1 heterocycles. The van der Waals surface area contributed by atoms with Gasteiger partial charge in [0.25, 0.3) is 5.91 Å². The number of carbonyl (C=O) groups is 2. The van der Waals surface area contributed by atoms with Crippen LogP contribution in [-0.4, -0.2) is 85.4 Å². The average molecular weight is 540 g/mol. The van der Waals surface area contributed by atoms with Crippen molar-refractivity contribution in [2.75, 3.05) is 45.7 Å². The molecule has 2 aromatic carbocycles. The Morgan fingerprint density at radius 1 is 1.15 bits per heavy atom. The molecule has 0 unspecified atom stereocenters. The maximum atomic E-state index is 14.1. The molecule has 0 bridgehead atoms. The SMILES string of the molecule is C[C@@H]1CCCCO[C@@H](CN(C)C)[C@@H](C)CN([C@H](C)CO)C(=O)c2cc(NC(=O)Cc3ccccc3)ccc2O1. The molecule has 8 nitrogen and oxygen atoms in total. The van der Waals surface area contributed by atoms with Crippen LogP contribution in [0.1, 0.15) is 56.0 Å². The minimum Gasteiger partial charge on any atom is -0.490 e. The molecule has 0 saturated heterocycles. The van der Waals surface area contributed by atoms with Crippen LogP contribution in [0.5, 0.6) is 5.75 Å². The van der Waals surface area contributed by atoms with Crippen molar-refractivity contribution in [3.63, 3.8) is 0 Å². The smallest absolute Gasteiger partial charge is 0.258 e. The molecular weight excluding hydrogens is 494 g/mol. The fraction of sp³-hybridized carbons (Fsp3) is 0.548. The Bertz CT molecular complexity index is 1060. The van der Waals surface area contributed by atoms with Gasteiger partial charge in [-0.05, 0) is 71.0 Å². The standard InChI is InChI=1S/C31H45N3O5/c1-22-19-34(23(2)21-35)31(37)27-18-26(32-30(36)17-25-12-7-6-8-13-25)14-15-28(27)39-24(3)11-9-10-16-38-29(22)20-33(4)5/h6-8,12-15,18,22-24,29,35H,9-11,16-17,19-21H2,1-5H3,(H,32,36)/t22-,23+,24+,29-/m0/s1. The predicted octanol–water partition coefficient (Wildman–Crippen LogP) is 4.22. The number of aliphatic hydroxyl groups excluding tert-OH is 1. The van der Waals surface area contributed by atoms with E-state index in [2.05, 4.69) is 17.1 Å². The summed E-state index contributed by atoms with van der Waals surface area (Å²) in [6.07, 6.45) is 2.79. The summed E-state index contributed by atoms with van der Waals surface area (Å²) in [5.74, 6) is 0.104. The van der Waals surface area contributed by atoms with Gasteiger partial charge in [0.2, 0.25) is 5.91 Å². The first-order valence-corrected chi connectivity index (χ1v) is 14.0. The summed E-state index contributed by atoms with van der Waals surface area (Å²) >= 11 is 0. The van der Waals surface area contributed by atoms with E-state index in [1.54, 1.807) is 23.1 Å². The van der Waals surface area contributed by atoms with Crippen LogP contribution in [0.2, 0.25) is 0 Å². The van der Waals surface area contributed by atoms with E-state index >= 15 is 0 Å². The number of hydrogen-bond donors (Lipinski definition) is 2. The average Bonchev–Trinajstić information content (AvgIpc) is 2.90. The summed E-state index contributed by atoms with van der Waals surface area (Å²) in [7, 11) is 4.03. The lowest BCUT2D eigenvalue weighted by molar-refractivity contribution is -0.115. The number of nitrogens with zero attached hydrogens (tertiary/aromatic N) is 2. The first-order valence-electron chi connectivity index (χ1n) is 14.0. The second-order valence-corrected chi connectivity index (χ2v) is 11.0. The van der Waals surface area contributed by atoms with Crippen LogP contribution in [0.25, 0.3) is 0 Å². The molecule has 0 aliphatic carbocycles. The first kappa shape index (κ1) is 30.6. The van der Waals surface area contributed by atoms with Gasteiger partial charge in [0.05, 0.1) is 36.8 Å². The first-order chi connectivity index (χ1) is 18.7. The zero-order valence-corrected chi connectivity index (χ0v) is 24.1. The van der Waals surface area contributed by atoms with E-state index in [1.165, 1.54) is 0 Å². The zero-order valence-electron chi connectivity index (χ0n) is 24.1. The molecule has 1 aliphatic heterocycles. The topological polar surface area (TPSA) is 91.3 Å². The number of hydrogen-bond acceptors (Lipinski definition) is 6. The number of rotatable bonds is 7. The Morgan fingerprint density at radius 2 is 1.90 bits per heavy atom. The van der Waals surface area contributed by atoms with Gasteiger partial charge < -0.3 is 29.7 Å². The Kier molecular flexibility index (Phi) is 11.8. The molecule has 2 aromatic rings. The van der Waals surface area contributed by atoms with Gasteiger partial charge in [0.15, 0.2) is 0 Å². The van der Waals surface area contributed by atoms with Gasteiger partial charge in [-0.3, -0.25) is 9.59 Å². The Labute approximate surface area is 233 Å². The molecule has 2 amide bonds. The maximum absolute atomic E-state index is 14.1. The van der Waals surface area contributed by atoms with E-state index in [1.807, 2.05) is 58.3 Å². The molecule has 0 radical (unpaired) electrons. The molecule has 0 spiro atoms. The largest absolute Gasteiger partial charge is 0.490 e. The molecule has 214 valence electrons. The lowest BCUT2D eigenvalue weighted by Crippen LogP contribution is -2.47. The second kappa shape index (κ2) is 15.0. The van der Waals surface area contributed by atoms with Crippen LogP contribution in [0.15, 0.2) is 48.5 Å². The van der Waals surface area contributed by atoms with Gasteiger partial charge >= 0.3 is 0 Å². The number of nitrogens with one attached hydrogen (secondary N) is 1. The molecule has 0 aromatic heterocycles. The number of aliphatic hydroxyl groups is 1. The Balaban J connectivity index is 1.93. The summed E-state index contributed by atoms with van der Waals surface area (Å²) in [5, 5.41) is 13.0. The number of benzene rings is 2. The highest BCUT2D eigenvalue weighted by molar-refractivity contribution is 6.00. The van der Waals surface area contributed by atoms with Gasteiger partial charge in [0.1, 0.15) is 5.75 Å². The van der Waals surface area contributed by atoms with Crippen molar-refractivity contribution in [1.82, 2.24) is 9.80 Å². The van der Waals surface area contributed by atoms with E-state index in [0.717, 1.165) is 31.4 Å². The Hall–Kier alpha value is -2.94. The maximum Gasteiger partial charge on any atom is 0.258 e. The second-order valence-electron chi connectivity index (χ2n) is 11.0.